The Balaban J connectivity index is 2.74. The van der Waals surface area contributed by atoms with Gasteiger partial charge in [-0.05, 0) is 0 Å². The van der Waals surface area contributed by atoms with E-state index in [0.717, 1.165) is 0 Å². The van der Waals surface area contributed by atoms with Gasteiger partial charge in [0.05, 0.1) is 16.9 Å². The van der Waals surface area contributed by atoms with E-state index in [1.165, 1.54) is 11.8 Å². The number of halogens is 3. The molecule has 17 heavy (non-hydrogen) atoms. The van der Waals surface area contributed by atoms with E-state index in [0.29, 0.717) is 11.3 Å². The van der Waals surface area contributed by atoms with Gasteiger partial charge in [0.15, 0.2) is 5.69 Å². The van der Waals surface area contributed by atoms with Gasteiger partial charge < -0.3 is 10.8 Å². The number of nitrogens with two attached hydrogens (primary N) is 1. The molecule has 0 radical (unpaired) electrons. The third-order valence-corrected chi connectivity index (χ3v) is 3.36. The number of alkyl halides is 3. The number of nitrogens with zero attached hydrogens (tertiary/aromatic N) is 1. The highest BCUT2D eigenvalue weighted by molar-refractivity contribution is 7.98. The summed E-state index contributed by atoms with van der Waals surface area (Å²) < 4.78 is 37.9. The summed E-state index contributed by atoms with van der Waals surface area (Å²) in [7, 11) is 0. The van der Waals surface area contributed by atoms with Crippen molar-refractivity contribution in [1.82, 2.24) is 4.98 Å². The molecule has 0 bridgehead atoms. The Hall–Kier alpha value is -1.44. The SMILES string of the molecule is Nc1c(C(F)(F)F)nc2c(c1C(=O)O)CSC2. The van der Waals surface area contributed by atoms with Gasteiger partial charge in [0.2, 0.25) is 0 Å². The molecule has 0 saturated heterocycles. The number of thioether (sulfide) groups is 1. The van der Waals surface area contributed by atoms with Gasteiger partial charge in [0.1, 0.15) is 0 Å². The van der Waals surface area contributed by atoms with E-state index in [9.17, 15) is 18.0 Å². The average Bonchev–Trinajstić information content (AvgIpc) is 2.61. The van der Waals surface area contributed by atoms with Crippen molar-refractivity contribution in [2.75, 3.05) is 5.73 Å². The Morgan fingerprint density at radius 3 is 2.59 bits per heavy atom. The van der Waals surface area contributed by atoms with Crippen LogP contribution in [0, 0.1) is 0 Å². The van der Waals surface area contributed by atoms with Gasteiger partial charge in [0.25, 0.3) is 0 Å². The summed E-state index contributed by atoms with van der Waals surface area (Å²) in [6.45, 7) is 0. The van der Waals surface area contributed by atoms with Crippen LogP contribution in [0.15, 0.2) is 0 Å². The summed E-state index contributed by atoms with van der Waals surface area (Å²) in [4.78, 5) is 14.4. The van der Waals surface area contributed by atoms with Crippen molar-refractivity contribution in [2.45, 2.75) is 17.7 Å². The first kappa shape index (κ1) is 12.0. The number of pyridine rings is 1. The van der Waals surface area contributed by atoms with E-state index in [2.05, 4.69) is 4.98 Å². The van der Waals surface area contributed by atoms with Crippen LogP contribution in [-0.4, -0.2) is 16.1 Å². The van der Waals surface area contributed by atoms with Crippen LogP contribution in [0.25, 0.3) is 0 Å². The Morgan fingerprint density at radius 1 is 1.41 bits per heavy atom. The highest BCUT2D eigenvalue weighted by atomic mass is 32.2. The monoisotopic (exact) mass is 264 g/mol. The maximum absolute atomic E-state index is 12.6. The molecular weight excluding hydrogens is 257 g/mol. The molecular formula is C9H7F3N2O2S. The summed E-state index contributed by atoms with van der Waals surface area (Å²) in [6.07, 6.45) is -4.74. The predicted octanol–water partition coefficient (Wildman–Crippen LogP) is 2.13. The van der Waals surface area contributed by atoms with Crippen LogP contribution in [0.1, 0.15) is 27.3 Å². The first-order valence-corrected chi connectivity index (χ1v) is 5.67. The van der Waals surface area contributed by atoms with Crippen molar-refractivity contribution in [1.29, 1.82) is 0 Å². The van der Waals surface area contributed by atoms with Crippen LogP contribution >= 0.6 is 11.8 Å². The number of hydrogen-bond acceptors (Lipinski definition) is 4. The standard InChI is InChI=1S/C9H7F3N2O2S/c10-9(11,12)7-6(13)5(8(15)16)3-1-17-2-4(3)14-7/h1-2,13H2,(H,15,16). The van der Waals surface area contributed by atoms with Crippen molar-refractivity contribution in [3.8, 4) is 0 Å². The molecule has 1 aromatic heterocycles. The van der Waals surface area contributed by atoms with E-state index in [4.69, 9.17) is 10.8 Å². The molecule has 0 unspecified atom stereocenters. The van der Waals surface area contributed by atoms with Crippen LogP contribution in [0.3, 0.4) is 0 Å². The Bertz CT molecular complexity index is 502. The number of nitrogen functional groups attached to an aromatic ring is 1. The number of aromatic carboxylic acids is 1. The van der Waals surface area contributed by atoms with Crippen LogP contribution in [0.5, 0.6) is 0 Å². The highest BCUT2D eigenvalue weighted by Crippen LogP contribution is 2.40. The number of anilines is 1. The maximum Gasteiger partial charge on any atom is 0.435 e. The number of carboxylic acid groups (broad SMARTS) is 1. The fraction of sp³-hybridized carbons (Fsp3) is 0.333. The summed E-state index contributed by atoms with van der Waals surface area (Å²) in [5.74, 6) is -0.847. The smallest absolute Gasteiger partial charge is 0.435 e. The van der Waals surface area contributed by atoms with Gasteiger partial charge in [-0.15, -0.1) is 0 Å². The van der Waals surface area contributed by atoms with Gasteiger partial charge in [-0.1, -0.05) is 0 Å². The quantitative estimate of drug-likeness (QED) is 0.812. The number of hydrogen-bond donors (Lipinski definition) is 2. The first-order chi connectivity index (χ1) is 7.82. The number of aromatic nitrogens is 1. The van der Waals surface area contributed by atoms with E-state index in [1.807, 2.05) is 0 Å². The molecule has 4 nitrogen and oxygen atoms in total. The summed E-state index contributed by atoms with van der Waals surface area (Å²) >= 11 is 1.31. The molecule has 92 valence electrons. The van der Waals surface area contributed by atoms with Crippen molar-refractivity contribution >= 4 is 23.4 Å². The van der Waals surface area contributed by atoms with Crippen LogP contribution < -0.4 is 5.73 Å². The lowest BCUT2D eigenvalue weighted by atomic mass is 10.0. The van der Waals surface area contributed by atoms with Crippen molar-refractivity contribution in [3.05, 3.63) is 22.5 Å². The molecule has 0 aliphatic carbocycles. The molecule has 8 heteroatoms. The molecule has 3 N–H and O–H groups in total. The third kappa shape index (κ3) is 1.92. The zero-order chi connectivity index (χ0) is 12.8. The van der Waals surface area contributed by atoms with E-state index in [1.54, 1.807) is 0 Å². The van der Waals surface area contributed by atoms with E-state index in [-0.39, 0.29) is 11.4 Å². The maximum atomic E-state index is 12.6. The largest absolute Gasteiger partial charge is 0.478 e. The molecule has 0 saturated carbocycles. The van der Waals surface area contributed by atoms with Crippen LogP contribution in [0.4, 0.5) is 18.9 Å². The lowest BCUT2D eigenvalue weighted by Crippen LogP contribution is -2.18. The molecule has 1 aromatic rings. The zero-order valence-electron chi connectivity index (χ0n) is 8.34. The van der Waals surface area contributed by atoms with Gasteiger partial charge in [-0.2, -0.15) is 24.9 Å². The Labute approximate surface area is 98.0 Å². The molecule has 1 aliphatic heterocycles. The fourth-order valence-electron chi connectivity index (χ4n) is 1.67. The lowest BCUT2D eigenvalue weighted by molar-refractivity contribution is -0.140. The van der Waals surface area contributed by atoms with Gasteiger partial charge in [0, 0.05) is 17.1 Å². The molecule has 0 fully saturated rings. The molecule has 0 spiro atoms. The van der Waals surface area contributed by atoms with E-state index < -0.39 is 29.1 Å². The Kier molecular flexibility index (Phi) is 2.69. The minimum atomic E-state index is -4.74. The number of carboxylic acids is 1. The van der Waals surface area contributed by atoms with Crippen LogP contribution in [0.2, 0.25) is 0 Å². The summed E-state index contributed by atoms with van der Waals surface area (Å²) in [5.41, 5.74) is 3.16. The topological polar surface area (TPSA) is 76.2 Å². The normalized spacial score (nSPS) is 14.8. The van der Waals surface area contributed by atoms with Gasteiger partial charge in [-0.25, -0.2) is 9.78 Å². The van der Waals surface area contributed by atoms with Crippen LogP contribution in [-0.2, 0) is 17.7 Å². The third-order valence-electron chi connectivity index (χ3n) is 2.39. The Morgan fingerprint density at radius 2 is 2.06 bits per heavy atom. The number of carbonyl (C=O) groups is 1. The highest BCUT2D eigenvalue weighted by Gasteiger charge is 2.39. The minimum Gasteiger partial charge on any atom is -0.478 e. The second kappa shape index (κ2) is 3.80. The summed E-state index contributed by atoms with van der Waals surface area (Å²) in [5, 5.41) is 8.94. The molecule has 0 amide bonds. The molecule has 0 atom stereocenters. The van der Waals surface area contributed by atoms with Gasteiger partial charge >= 0.3 is 12.1 Å². The second-order valence-electron chi connectivity index (χ2n) is 3.47. The number of rotatable bonds is 1. The number of fused-ring (bicyclic) bond motifs is 1. The zero-order valence-corrected chi connectivity index (χ0v) is 9.15. The molecule has 1 aliphatic rings. The van der Waals surface area contributed by atoms with Crippen molar-refractivity contribution < 1.29 is 23.1 Å². The summed E-state index contributed by atoms with van der Waals surface area (Å²) in [6, 6.07) is 0. The van der Waals surface area contributed by atoms with Crippen molar-refractivity contribution in [2.24, 2.45) is 0 Å². The average molecular weight is 264 g/mol. The fourth-order valence-corrected chi connectivity index (χ4v) is 2.72. The minimum absolute atomic E-state index is 0.161. The molecule has 2 rings (SSSR count). The van der Waals surface area contributed by atoms with Gasteiger partial charge in [-0.3, -0.25) is 0 Å². The van der Waals surface area contributed by atoms with Crippen molar-refractivity contribution in [3.63, 3.8) is 0 Å². The predicted molar refractivity (Wildman–Crippen MR) is 55.6 cm³/mol. The lowest BCUT2D eigenvalue weighted by Gasteiger charge is -2.14. The molecule has 0 aromatic carbocycles. The second-order valence-corrected chi connectivity index (χ2v) is 4.46. The van der Waals surface area contributed by atoms with E-state index >= 15 is 0 Å². The first-order valence-electron chi connectivity index (χ1n) is 4.52. The molecule has 2 heterocycles.